The number of fused-ring (bicyclic) bond motifs is 1. The molecule has 0 bridgehead atoms. The molecule has 0 saturated carbocycles. The SMILES string of the molecule is CC(C)c1nnc(-c2cc3ccccc3n2C(C)C)o1. The van der Waals surface area contributed by atoms with Gasteiger partial charge in [0.25, 0.3) is 5.89 Å². The molecule has 0 radical (unpaired) electrons. The van der Waals surface area contributed by atoms with Gasteiger partial charge in [-0.25, -0.2) is 0 Å². The zero-order chi connectivity index (χ0) is 14.3. The fraction of sp³-hybridized carbons (Fsp3) is 0.375. The van der Waals surface area contributed by atoms with Crippen molar-refractivity contribution >= 4 is 10.9 Å². The number of para-hydroxylation sites is 1. The minimum atomic E-state index is 0.244. The molecule has 0 saturated heterocycles. The van der Waals surface area contributed by atoms with Gasteiger partial charge in [0.1, 0.15) is 5.69 Å². The van der Waals surface area contributed by atoms with E-state index in [2.05, 4.69) is 66.7 Å². The Morgan fingerprint density at radius 2 is 1.80 bits per heavy atom. The molecule has 104 valence electrons. The van der Waals surface area contributed by atoms with E-state index in [4.69, 9.17) is 4.42 Å². The molecule has 3 aromatic rings. The van der Waals surface area contributed by atoms with E-state index < -0.39 is 0 Å². The molecule has 2 aromatic heterocycles. The van der Waals surface area contributed by atoms with Crippen LogP contribution in [-0.4, -0.2) is 14.8 Å². The van der Waals surface area contributed by atoms with Crippen LogP contribution < -0.4 is 0 Å². The van der Waals surface area contributed by atoms with Crippen LogP contribution in [0.15, 0.2) is 34.7 Å². The third-order valence-electron chi connectivity index (χ3n) is 3.42. The van der Waals surface area contributed by atoms with Crippen LogP contribution >= 0.6 is 0 Å². The molecule has 20 heavy (non-hydrogen) atoms. The maximum Gasteiger partial charge on any atom is 0.264 e. The van der Waals surface area contributed by atoms with Gasteiger partial charge in [-0.3, -0.25) is 0 Å². The Kier molecular flexibility index (Phi) is 3.08. The summed E-state index contributed by atoms with van der Waals surface area (Å²) in [5.74, 6) is 1.52. The zero-order valence-corrected chi connectivity index (χ0v) is 12.3. The molecule has 4 heteroatoms. The number of aromatic nitrogens is 3. The van der Waals surface area contributed by atoms with Crippen molar-refractivity contribution < 1.29 is 4.42 Å². The molecule has 0 atom stereocenters. The highest BCUT2D eigenvalue weighted by Crippen LogP contribution is 2.31. The number of hydrogen-bond acceptors (Lipinski definition) is 3. The lowest BCUT2D eigenvalue weighted by atomic mass is 10.2. The van der Waals surface area contributed by atoms with E-state index in [1.54, 1.807) is 0 Å². The summed E-state index contributed by atoms with van der Waals surface area (Å²) in [5.41, 5.74) is 2.18. The Balaban J connectivity index is 2.21. The molecule has 1 aromatic carbocycles. The van der Waals surface area contributed by atoms with Gasteiger partial charge in [0.05, 0.1) is 0 Å². The number of benzene rings is 1. The Labute approximate surface area is 118 Å². The van der Waals surface area contributed by atoms with E-state index in [0.717, 1.165) is 5.69 Å². The molecule has 0 N–H and O–H groups in total. The lowest BCUT2D eigenvalue weighted by molar-refractivity contribution is 0.475. The van der Waals surface area contributed by atoms with Crippen LogP contribution in [0.25, 0.3) is 22.5 Å². The predicted molar refractivity (Wildman–Crippen MR) is 79.7 cm³/mol. The van der Waals surface area contributed by atoms with Crippen molar-refractivity contribution in [1.82, 2.24) is 14.8 Å². The summed E-state index contributed by atoms with van der Waals surface area (Å²) in [7, 11) is 0. The van der Waals surface area contributed by atoms with Gasteiger partial charge >= 0.3 is 0 Å². The summed E-state index contributed by atoms with van der Waals surface area (Å²) >= 11 is 0. The topological polar surface area (TPSA) is 43.9 Å². The van der Waals surface area contributed by atoms with Gasteiger partial charge in [0.2, 0.25) is 5.89 Å². The Morgan fingerprint density at radius 3 is 2.45 bits per heavy atom. The first-order valence-electron chi connectivity index (χ1n) is 7.01. The molecule has 0 fully saturated rings. The normalized spacial score (nSPS) is 11.9. The molecule has 0 aliphatic heterocycles. The summed E-state index contributed by atoms with van der Waals surface area (Å²) < 4.78 is 8.05. The summed E-state index contributed by atoms with van der Waals surface area (Å²) in [4.78, 5) is 0. The highest BCUT2D eigenvalue weighted by Gasteiger charge is 2.18. The predicted octanol–water partition coefficient (Wildman–Crippen LogP) is 4.40. The van der Waals surface area contributed by atoms with Crippen LogP contribution in [0.1, 0.15) is 45.5 Å². The van der Waals surface area contributed by atoms with Crippen molar-refractivity contribution in [3.05, 3.63) is 36.2 Å². The third-order valence-corrected chi connectivity index (χ3v) is 3.42. The van der Waals surface area contributed by atoms with Crippen LogP contribution in [0, 0.1) is 0 Å². The maximum absolute atomic E-state index is 5.81. The third kappa shape index (κ3) is 2.01. The van der Waals surface area contributed by atoms with Gasteiger partial charge in [0, 0.05) is 22.9 Å². The van der Waals surface area contributed by atoms with Crippen molar-refractivity contribution in [2.24, 2.45) is 0 Å². The Hall–Kier alpha value is -2.10. The average molecular weight is 269 g/mol. The number of rotatable bonds is 3. The standard InChI is InChI=1S/C16H19N3O/c1-10(2)15-17-18-16(20-15)14-9-12-7-5-6-8-13(12)19(14)11(3)4/h5-11H,1-4H3. The van der Waals surface area contributed by atoms with Crippen LogP contribution in [0.2, 0.25) is 0 Å². The lowest BCUT2D eigenvalue weighted by Gasteiger charge is -2.12. The van der Waals surface area contributed by atoms with E-state index in [0.29, 0.717) is 17.8 Å². The Bertz CT molecular complexity index is 737. The minimum Gasteiger partial charge on any atom is -0.419 e. The highest BCUT2D eigenvalue weighted by atomic mass is 16.4. The fourth-order valence-electron chi connectivity index (χ4n) is 2.47. The monoisotopic (exact) mass is 269 g/mol. The van der Waals surface area contributed by atoms with Gasteiger partial charge in [0.15, 0.2) is 0 Å². The average Bonchev–Trinajstić information content (AvgIpc) is 3.02. The van der Waals surface area contributed by atoms with E-state index in [-0.39, 0.29) is 5.92 Å². The van der Waals surface area contributed by atoms with Gasteiger partial charge < -0.3 is 8.98 Å². The van der Waals surface area contributed by atoms with Crippen LogP contribution in [0.5, 0.6) is 0 Å². The van der Waals surface area contributed by atoms with E-state index in [1.807, 2.05) is 6.07 Å². The molecule has 0 unspecified atom stereocenters. The molecule has 3 rings (SSSR count). The molecule has 4 nitrogen and oxygen atoms in total. The summed E-state index contributed by atoms with van der Waals surface area (Å²) in [6, 6.07) is 10.8. The summed E-state index contributed by atoms with van der Waals surface area (Å²) in [6.45, 7) is 8.43. The van der Waals surface area contributed by atoms with Crippen LogP contribution in [0.3, 0.4) is 0 Å². The first-order chi connectivity index (χ1) is 9.58. The lowest BCUT2D eigenvalue weighted by Crippen LogP contribution is -2.02. The van der Waals surface area contributed by atoms with Crippen molar-refractivity contribution in [3.63, 3.8) is 0 Å². The van der Waals surface area contributed by atoms with Gasteiger partial charge in [-0.05, 0) is 26.0 Å². The van der Waals surface area contributed by atoms with Gasteiger partial charge in [-0.15, -0.1) is 10.2 Å². The second-order valence-electron chi connectivity index (χ2n) is 5.65. The summed E-state index contributed by atoms with van der Waals surface area (Å²) in [5, 5.41) is 9.54. The first-order valence-corrected chi connectivity index (χ1v) is 7.01. The number of nitrogens with zero attached hydrogens (tertiary/aromatic N) is 3. The van der Waals surface area contributed by atoms with Gasteiger partial charge in [-0.1, -0.05) is 32.0 Å². The second kappa shape index (κ2) is 4.78. The smallest absolute Gasteiger partial charge is 0.264 e. The van der Waals surface area contributed by atoms with E-state index >= 15 is 0 Å². The minimum absolute atomic E-state index is 0.244. The second-order valence-corrected chi connectivity index (χ2v) is 5.65. The first kappa shape index (κ1) is 12.9. The van der Waals surface area contributed by atoms with Crippen molar-refractivity contribution in [2.45, 2.75) is 39.7 Å². The fourth-order valence-corrected chi connectivity index (χ4v) is 2.47. The molecule has 0 amide bonds. The largest absolute Gasteiger partial charge is 0.419 e. The molecule has 0 aliphatic rings. The van der Waals surface area contributed by atoms with Crippen molar-refractivity contribution in [2.75, 3.05) is 0 Å². The van der Waals surface area contributed by atoms with E-state index in [1.165, 1.54) is 10.9 Å². The zero-order valence-electron chi connectivity index (χ0n) is 12.3. The van der Waals surface area contributed by atoms with Crippen molar-refractivity contribution in [1.29, 1.82) is 0 Å². The molecule has 0 aliphatic carbocycles. The van der Waals surface area contributed by atoms with Crippen LogP contribution in [0.4, 0.5) is 0 Å². The highest BCUT2D eigenvalue weighted by molar-refractivity contribution is 5.85. The van der Waals surface area contributed by atoms with Gasteiger partial charge in [-0.2, -0.15) is 0 Å². The van der Waals surface area contributed by atoms with Crippen molar-refractivity contribution in [3.8, 4) is 11.6 Å². The number of hydrogen-bond donors (Lipinski definition) is 0. The van der Waals surface area contributed by atoms with Crippen LogP contribution in [-0.2, 0) is 0 Å². The molecule has 0 spiro atoms. The quantitative estimate of drug-likeness (QED) is 0.708. The molecular weight excluding hydrogens is 250 g/mol. The molecular formula is C16H19N3O. The van der Waals surface area contributed by atoms with E-state index in [9.17, 15) is 0 Å². The maximum atomic E-state index is 5.81. The molecule has 2 heterocycles. The Morgan fingerprint density at radius 1 is 1.05 bits per heavy atom. The summed E-state index contributed by atoms with van der Waals surface area (Å²) in [6.07, 6.45) is 0.